The first-order chi connectivity index (χ1) is 14.8. The van der Waals surface area contributed by atoms with Crippen molar-refractivity contribution in [1.82, 2.24) is 15.2 Å². The first kappa shape index (κ1) is 23.7. The van der Waals surface area contributed by atoms with Gasteiger partial charge < -0.3 is 25.0 Å². The number of hydrogen-bond donors (Lipinski definition) is 3. The lowest BCUT2D eigenvalue weighted by atomic mass is 10.1. The molecule has 0 bridgehead atoms. The summed E-state index contributed by atoms with van der Waals surface area (Å²) in [6.07, 6.45) is 1.57. The van der Waals surface area contributed by atoms with Crippen LogP contribution in [0.15, 0.2) is 35.9 Å². The van der Waals surface area contributed by atoms with Crippen LogP contribution in [0.25, 0.3) is 6.08 Å². The number of amides is 2. The van der Waals surface area contributed by atoms with Crippen LogP contribution in [0.3, 0.4) is 0 Å². The molecular formula is C23H28N4O4. The van der Waals surface area contributed by atoms with Crippen LogP contribution >= 0.6 is 0 Å². The van der Waals surface area contributed by atoms with Gasteiger partial charge in [0.15, 0.2) is 0 Å². The van der Waals surface area contributed by atoms with Gasteiger partial charge in [-0.05, 0) is 62.7 Å². The van der Waals surface area contributed by atoms with E-state index >= 15 is 0 Å². The minimum Gasteiger partial charge on any atom is -0.508 e. The number of rotatable bonds is 9. The number of carbonyl (C=O) groups excluding carboxylic acids is 2. The summed E-state index contributed by atoms with van der Waals surface area (Å²) >= 11 is 0. The molecule has 1 atom stereocenters. The molecule has 2 amide bonds. The normalized spacial score (nSPS) is 12.2. The van der Waals surface area contributed by atoms with Crippen molar-refractivity contribution in [3.05, 3.63) is 58.4 Å². The van der Waals surface area contributed by atoms with E-state index in [-0.39, 0.29) is 36.4 Å². The maximum absolute atomic E-state index is 12.4. The molecule has 8 nitrogen and oxygen atoms in total. The lowest BCUT2D eigenvalue weighted by Crippen LogP contribution is -2.35. The van der Waals surface area contributed by atoms with Crippen LogP contribution < -0.4 is 10.6 Å². The topological polar surface area (TPSA) is 116 Å². The highest BCUT2D eigenvalue weighted by molar-refractivity contribution is 6.01. The number of phenolic OH excluding ortho intramolecular Hbond substituents is 1. The number of aryl methyl sites for hydroxylation is 1. The minimum absolute atomic E-state index is 0.00972. The molecule has 0 aliphatic rings. The Morgan fingerprint density at radius 3 is 2.48 bits per heavy atom. The van der Waals surface area contributed by atoms with Crippen molar-refractivity contribution < 1.29 is 19.4 Å². The fraction of sp³-hybridized carbons (Fsp3) is 0.348. The molecular weight excluding hydrogens is 396 g/mol. The summed E-state index contributed by atoms with van der Waals surface area (Å²) in [5.41, 5.74) is 3.16. The highest BCUT2D eigenvalue weighted by Gasteiger charge is 2.15. The molecule has 0 saturated carbocycles. The molecule has 8 heteroatoms. The molecule has 164 valence electrons. The fourth-order valence-corrected chi connectivity index (χ4v) is 3.41. The second kappa shape index (κ2) is 11.0. The van der Waals surface area contributed by atoms with Gasteiger partial charge in [0.2, 0.25) is 0 Å². The monoisotopic (exact) mass is 424 g/mol. The molecule has 2 aromatic rings. The predicted molar refractivity (Wildman–Crippen MR) is 118 cm³/mol. The number of benzene rings is 1. The lowest BCUT2D eigenvalue weighted by Gasteiger charge is -2.17. The van der Waals surface area contributed by atoms with Crippen molar-refractivity contribution in [1.29, 1.82) is 5.26 Å². The zero-order chi connectivity index (χ0) is 23.0. The summed E-state index contributed by atoms with van der Waals surface area (Å²) in [5.74, 6) is -0.743. The maximum atomic E-state index is 12.4. The average Bonchev–Trinajstić information content (AvgIpc) is 3.02. The Balaban J connectivity index is 1.97. The number of aromatic nitrogens is 1. The number of ether oxygens (including phenoxy) is 1. The Hall–Kier alpha value is -3.57. The molecule has 3 N–H and O–H groups in total. The minimum atomic E-state index is -0.504. The van der Waals surface area contributed by atoms with Gasteiger partial charge in [0.25, 0.3) is 11.8 Å². The fourth-order valence-electron chi connectivity index (χ4n) is 3.41. The first-order valence-electron chi connectivity index (χ1n) is 9.93. The van der Waals surface area contributed by atoms with Gasteiger partial charge in [-0.3, -0.25) is 9.59 Å². The number of aromatic hydroxyl groups is 1. The van der Waals surface area contributed by atoms with E-state index in [9.17, 15) is 20.0 Å². The molecule has 2 rings (SSSR count). The van der Waals surface area contributed by atoms with Crippen LogP contribution in [0.1, 0.15) is 40.3 Å². The third-order valence-corrected chi connectivity index (χ3v) is 4.86. The Labute approximate surface area is 182 Å². The van der Waals surface area contributed by atoms with Gasteiger partial charge in [-0.1, -0.05) is 0 Å². The molecule has 31 heavy (non-hydrogen) atoms. The SMILES string of the molecule is COCC(C)n1c(C)cc(/C=C(/C#N)C(=O)NCCNC(=O)c2ccc(O)cc2)c1C. The number of nitrogens with one attached hydrogen (secondary N) is 2. The van der Waals surface area contributed by atoms with E-state index in [0.717, 1.165) is 17.0 Å². The van der Waals surface area contributed by atoms with Gasteiger partial charge in [0.05, 0.1) is 12.6 Å². The van der Waals surface area contributed by atoms with E-state index in [1.807, 2.05) is 32.9 Å². The number of carbonyl (C=O) groups is 2. The van der Waals surface area contributed by atoms with Crippen LogP contribution in [0.5, 0.6) is 5.75 Å². The summed E-state index contributed by atoms with van der Waals surface area (Å²) in [5, 5.41) is 24.0. The number of nitrogens with zero attached hydrogens (tertiary/aromatic N) is 2. The van der Waals surface area contributed by atoms with Gasteiger partial charge >= 0.3 is 0 Å². The molecule has 1 aromatic heterocycles. The van der Waals surface area contributed by atoms with Crippen LogP contribution in [-0.2, 0) is 9.53 Å². The lowest BCUT2D eigenvalue weighted by molar-refractivity contribution is -0.117. The second-order valence-electron chi connectivity index (χ2n) is 7.23. The number of nitriles is 1. The summed E-state index contributed by atoms with van der Waals surface area (Å²) in [7, 11) is 1.65. The smallest absolute Gasteiger partial charge is 0.262 e. The van der Waals surface area contributed by atoms with Gasteiger partial charge in [0.1, 0.15) is 17.4 Å². The van der Waals surface area contributed by atoms with Gasteiger partial charge in [0, 0.05) is 37.2 Å². The standard InChI is InChI=1S/C23H28N4O4/c1-15-11-19(17(3)27(15)16(2)14-31-4)12-20(13-24)23(30)26-10-9-25-22(29)18-5-7-21(28)8-6-18/h5-8,11-12,16,28H,9-10,14H2,1-4H3,(H,25,29)(H,26,30)/b20-12-. The largest absolute Gasteiger partial charge is 0.508 e. The van der Waals surface area contributed by atoms with Crippen molar-refractivity contribution in [3.8, 4) is 11.8 Å². The van der Waals surface area contributed by atoms with Gasteiger partial charge in [-0.15, -0.1) is 0 Å². The zero-order valence-electron chi connectivity index (χ0n) is 18.2. The summed E-state index contributed by atoms with van der Waals surface area (Å²) in [6, 6.07) is 9.86. The van der Waals surface area contributed by atoms with Crippen molar-refractivity contribution >= 4 is 17.9 Å². The highest BCUT2D eigenvalue weighted by Crippen LogP contribution is 2.22. The molecule has 0 fully saturated rings. The van der Waals surface area contributed by atoms with Crippen LogP contribution in [-0.4, -0.2) is 48.3 Å². The molecule has 0 radical (unpaired) electrons. The predicted octanol–water partition coefficient (Wildman–Crippen LogP) is 2.47. The van der Waals surface area contributed by atoms with Crippen LogP contribution in [0, 0.1) is 25.2 Å². The van der Waals surface area contributed by atoms with Gasteiger partial charge in [-0.25, -0.2) is 0 Å². The van der Waals surface area contributed by atoms with Crippen molar-refractivity contribution in [2.75, 3.05) is 26.8 Å². The average molecular weight is 425 g/mol. The van der Waals surface area contributed by atoms with E-state index in [0.29, 0.717) is 12.2 Å². The number of methoxy groups -OCH3 is 1. The molecule has 1 unspecified atom stereocenters. The summed E-state index contributed by atoms with van der Waals surface area (Å²) < 4.78 is 7.34. The van der Waals surface area contributed by atoms with Crippen molar-refractivity contribution in [2.45, 2.75) is 26.8 Å². The molecule has 0 spiro atoms. The van der Waals surface area contributed by atoms with Crippen LogP contribution in [0.4, 0.5) is 0 Å². The Morgan fingerprint density at radius 2 is 1.87 bits per heavy atom. The molecule has 0 aliphatic carbocycles. The quantitative estimate of drug-likeness (QED) is 0.325. The van der Waals surface area contributed by atoms with E-state index in [4.69, 9.17) is 4.74 Å². The zero-order valence-corrected chi connectivity index (χ0v) is 18.2. The van der Waals surface area contributed by atoms with Gasteiger partial charge in [-0.2, -0.15) is 5.26 Å². The molecule has 1 aromatic carbocycles. The molecule has 1 heterocycles. The highest BCUT2D eigenvalue weighted by atomic mass is 16.5. The summed E-state index contributed by atoms with van der Waals surface area (Å²) in [6.45, 7) is 6.89. The first-order valence-corrected chi connectivity index (χ1v) is 9.93. The van der Waals surface area contributed by atoms with E-state index in [1.165, 1.54) is 24.3 Å². The van der Waals surface area contributed by atoms with E-state index in [2.05, 4.69) is 15.2 Å². The Kier molecular flexibility index (Phi) is 8.41. The van der Waals surface area contributed by atoms with Crippen LogP contribution in [0.2, 0.25) is 0 Å². The number of hydrogen-bond acceptors (Lipinski definition) is 5. The molecule has 0 aliphatic heterocycles. The van der Waals surface area contributed by atoms with Crippen molar-refractivity contribution in [3.63, 3.8) is 0 Å². The maximum Gasteiger partial charge on any atom is 0.262 e. The summed E-state index contributed by atoms with van der Waals surface area (Å²) in [4.78, 5) is 24.4. The van der Waals surface area contributed by atoms with E-state index in [1.54, 1.807) is 13.2 Å². The van der Waals surface area contributed by atoms with E-state index < -0.39 is 5.91 Å². The number of phenols is 1. The third kappa shape index (κ3) is 6.20. The third-order valence-electron chi connectivity index (χ3n) is 4.86. The Bertz CT molecular complexity index is 1000. The molecule has 0 saturated heterocycles. The second-order valence-corrected chi connectivity index (χ2v) is 7.23. The van der Waals surface area contributed by atoms with Crippen molar-refractivity contribution in [2.24, 2.45) is 0 Å². The Morgan fingerprint density at radius 1 is 1.23 bits per heavy atom.